The second-order valence-electron chi connectivity index (χ2n) is 4.89. The molecule has 5 heteroatoms. The van der Waals surface area contributed by atoms with Crippen molar-refractivity contribution in [1.82, 2.24) is 0 Å². The lowest BCUT2D eigenvalue weighted by Gasteiger charge is -2.00. The number of carboxylic acid groups (broad SMARTS) is 1. The summed E-state index contributed by atoms with van der Waals surface area (Å²) in [5.74, 6) is 0.0504. The van der Waals surface area contributed by atoms with E-state index in [1.807, 2.05) is 53.7 Å². The number of hydrogen-bond donors (Lipinski definition) is 1. The van der Waals surface area contributed by atoms with Gasteiger partial charge in [0.1, 0.15) is 0 Å². The molecule has 0 heterocycles. The van der Waals surface area contributed by atoms with Gasteiger partial charge in [-0.1, -0.05) is 19.4 Å². The second kappa shape index (κ2) is 15.0. The van der Waals surface area contributed by atoms with Crippen LogP contribution >= 0.6 is 0 Å². The minimum atomic E-state index is -0.776. The van der Waals surface area contributed by atoms with Crippen LogP contribution in [0.25, 0.3) is 0 Å². The third kappa shape index (κ3) is 16.3. The van der Waals surface area contributed by atoms with E-state index < -0.39 is 5.97 Å². The first-order valence-electron chi connectivity index (χ1n) is 7.98. The Balaban J connectivity index is 0. The smallest absolute Gasteiger partial charge is 0.303 e. The zero-order valence-electron chi connectivity index (χ0n) is 15.6. The fraction of sp³-hybridized carbons (Fsp3) is 0.611. The van der Waals surface area contributed by atoms with Crippen molar-refractivity contribution in [3.8, 4) is 0 Å². The van der Waals surface area contributed by atoms with Crippen molar-refractivity contribution in [3.05, 3.63) is 23.5 Å². The molecule has 0 bridgehead atoms. The van der Waals surface area contributed by atoms with Crippen LogP contribution in [0.15, 0.2) is 33.5 Å². The molecule has 1 N–H and O–H groups in total. The van der Waals surface area contributed by atoms with Gasteiger partial charge >= 0.3 is 5.97 Å². The number of rotatable bonds is 9. The first kappa shape index (κ1) is 23.4. The maximum absolute atomic E-state index is 10.5. The molecule has 0 aromatic carbocycles. The van der Waals surface area contributed by atoms with E-state index >= 15 is 0 Å². The van der Waals surface area contributed by atoms with Gasteiger partial charge in [0.05, 0.1) is 26.0 Å². The van der Waals surface area contributed by atoms with Gasteiger partial charge in [0.2, 0.25) is 0 Å². The summed E-state index contributed by atoms with van der Waals surface area (Å²) in [6, 6.07) is 0. The molecule has 0 aromatic rings. The molecule has 0 radical (unpaired) electrons. The molecule has 0 saturated carbocycles. The van der Waals surface area contributed by atoms with Gasteiger partial charge in [0.25, 0.3) is 0 Å². The summed E-state index contributed by atoms with van der Waals surface area (Å²) in [4.78, 5) is 19.3. The third-order valence-electron chi connectivity index (χ3n) is 2.75. The molecular formula is C18H32N2O3. The summed E-state index contributed by atoms with van der Waals surface area (Å²) in [5.41, 5.74) is 2.83. The van der Waals surface area contributed by atoms with Gasteiger partial charge in [-0.2, -0.15) is 0 Å². The summed E-state index contributed by atoms with van der Waals surface area (Å²) >= 11 is 0. The van der Waals surface area contributed by atoms with Crippen molar-refractivity contribution in [2.75, 3.05) is 20.2 Å². The SMILES string of the molecule is CC.CO/C(C)=C\C(C)=NCCN=C(C)/C=C(\C)CCC(=O)O. The molecule has 0 amide bonds. The van der Waals surface area contributed by atoms with E-state index in [0.29, 0.717) is 19.5 Å². The molecule has 0 aliphatic heterocycles. The highest BCUT2D eigenvalue weighted by molar-refractivity contribution is 5.94. The largest absolute Gasteiger partial charge is 0.501 e. The number of allylic oxidation sites excluding steroid dienone is 4. The molecule has 0 spiro atoms. The number of methoxy groups -OCH3 is 1. The number of hydrogen-bond acceptors (Lipinski definition) is 4. The van der Waals surface area contributed by atoms with E-state index in [4.69, 9.17) is 9.84 Å². The molecular weight excluding hydrogens is 292 g/mol. The molecule has 23 heavy (non-hydrogen) atoms. The van der Waals surface area contributed by atoms with Crippen LogP contribution in [-0.2, 0) is 9.53 Å². The Morgan fingerprint density at radius 2 is 1.43 bits per heavy atom. The van der Waals surface area contributed by atoms with E-state index in [1.165, 1.54) is 0 Å². The molecule has 0 fully saturated rings. The normalized spacial score (nSPS) is 13.3. The van der Waals surface area contributed by atoms with Gasteiger partial charge in [-0.05, 0) is 46.3 Å². The van der Waals surface area contributed by atoms with Gasteiger partial charge < -0.3 is 9.84 Å². The Hall–Kier alpha value is -1.91. The molecule has 0 aliphatic rings. The Morgan fingerprint density at radius 1 is 0.957 bits per heavy atom. The van der Waals surface area contributed by atoms with E-state index in [9.17, 15) is 4.79 Å². The van der Waals surface area contributed by atoms with Gasteiger partial charge in [0.15, 0.2) is 0 Å². The van der Waals surface area contributed by atoms with Crippen LogP contribution in [0.4, 0.5) is 0 Å². The van der Waals surface area contributed by atoms with Crippen molar-refractivity contribution in [3.63, 3.8) is 0 Å². The maximum atomic E-state index is 10.5. The lowest BCUT2D eigenvalue weighted by Crippen LogP contribution is -1.98. The first-order chi connectivity index (χ1) is 10.8. The van der Waals surface area contributed by atoms with Gasteiger partial charge in [-0.25, -0.2) is 0 Å². The van der Waals surface area contributed by atoms with E-state index in [2.05, 4.69) is 9.98 Å². The first-order valence-corrected chi connectivity index (χ1v) is 7.98. The van der Waals surface area contributed by atoms with Crippen molar-refractivity contribution in [1.29, 1.82) is 0 Å². The maximum Gasteiger partial charge on any atom is 0.303 e. The van der Waals surface area contributed by atoms with Crippen LogP contribution in [0.1, 0.15) is 54.4 Å². The fourth-order valence-electron chi connectivity index (χ4n) is 1.63. The minimum Gasteiger partial charge on any atom is -0.501 e. The number of aliphatic carboxylic acids is 1. The van der Waals surface area contributed by atoms with Crippen LogP contribution in [0.2, 0.25) is 0 Å². The molecule has 132 valence electrons. The lowest BCUT2D eigenvalue weighted by molar-refractivity contribution is -0.136. The molecule has 0 aromatic heterocycles. The molecule has 0 atom stereocenters. The average molecular weight is 324 g/mol. The topological polar surface area (TPSA) is 71.2 Å². The van der Waals surface area contributed by atoms with E-state index in [-0.39, 0.29) is 6.42 Å². The summed E-state index contributed by atoms with van der Waals surface area (Å²) in [6.45, 7) is 12.9. The van der Waals surface area contributed by atoms with Gasteiger partial charge in [-0.15, -0.1) is 0 Å². The average Bonchev–Trinajstić information content (AvgIpc) is 2.51. The summed E-state index contributed by atoms with van der Waals surface area (Å²) in [5, 5.41) is 8.62. The highest BCUT2D eigenvalue weighted by atomic mass is 16.5. The predicted octanol–water partition coefficient (Wildman–Crippen LogP) is 4.30. The number of carboxylic acids is 1. The van der Waals surface area contributed by atoms with Crippen LogP contribution in [0.3, 0.4) is 0 Å². The number of carbonyl (C=O) groups is 1. The zero-order valence-corrected chi connectivity index (χ0v) is 15.6. The number of nitrogens with zero attached hydrogens (tertiary/aromatic N) is 2. The predicted molar refractivity (Wildman–Crippen MR) is 98.7 cm³/mol. The monoisotopic (exact) mass is 324 g/mol. The van der Waals surface area contributed by atoms with E-state index in [0.717, 1.165) is 22.8 Å². The molecule has 0 saturated heterocycles. The Labute approximate surface area is 140 Å². The molecule has 0 aliphatic carbocycles. The van der Waals surface area contributed by atoms with E-state index in [1.54, 1.807) is 7.11 Å². The van der Waals surface area contributed by atoms with Crippen molar-refractivity contribution in [2.24, 2.45) is 9.98 Å². The van der Waals surface area contributed by atoms with Gasteiger partial charge in [0, 0.05) is 17.8 Å². The van der Waals surface area contributed by atoms with Crippen molar-refractivity contribution < 1.29 is 14.6 Å². The quantitative estimate of drug-likeness (QED) is 0.390. The van der Waals surface area contributed by atoms with Crippen molar-refractivity contribution in [2.45, 2.75) is 54.4 Å². The summed E-state index contributed by atoms with van der Waals surface area (Å²) in [6.07, 6.45) is 4.52. The summed E-state index contributed by atoms with van der Waals surface area (Å²) < 4.78 is 5.05. The second-order valence-corrected chi connectivity index (χ2v) is 4.89. The minimum absolute atomic E-state index is 0.157. The van der Waals surface area contributed by atoms with Crippen LogP contribution < -0.4 is 0 Å². The third-order valence-corrected chi connectivity index (χ3v) is 2.75. The zero-order chi connectivity index (χ0) is 18.3. The molecule has 5 nitrogen and oxygen atoms in total. The standard InChI is InChI=1S/C16H26N2O3.C2H6/c1-12(6-7-16(19)20)10-13(2)17-8-9-18-14(3)11-15(4)21-5;1-2/h10-11H,6-9H2,1-5H3,(H,19,20);1-2H3/b12-10+,15-11-,17-13?,18-14?;. The summed E-state index contributed by atoms with van der Waals surface area (Å²) in [7, 11) is 1.63. The Bertz CT molecular complexity index is 461. The number of ether oxygens (including phenoxy) is 1. The fourth-order valence-corrected chi connectivity index (χ4v) is 1.63. The van der Waals surface area contributed by atoms with Crippen LogP contribution in [-0.4, -0.2) is 42.7 Å². The van der Waals surface area contributed by atoms with Crippen LogP contribution in [0.5, 0.6) is 0 Å². The molecule has 0 rings (SSSR count). The Kier molecular flexibility index (Phi) is 15.2. The highest BCUT2D eigenvalue weighted by Gasteiger charge is 1.98. The van der Waals surface area contributed by atoms with Crippen LogP contribution in [0, 0.1) is 0 Å². The van der Waals surface area contributed by atoms with Crippen molar-refractivity contribution >= 4 is 17.4 Å². The molecule has 0 unspecified atom stereocenters. The highest BCUT2D eigenvalue weighted by Crippen LogP contribution is 2.04. The Morgan fingerprint density at radius 3 is 1.87 bits per heavy atom. The lowest BCUT2D eigenvalue weighted by atomic mass is 10.1. The number of aliphatic imine (C=N–C) groups is 2. The van der Waals surface area contributed by atoms with Gasteiger partial charge in [-0.3, -0.25) is 14.8 Å².